The monoisotopic (exact) mass is 607 g/mol. The average molecular weight is 608 g/mol. The molecule has 4 aromatic rings. The van der Waals surface area contributed by atoms with Crippen LogP contribution in [-0.2, 0) is 15.4 Å². The molecule has 4 rings (SSSR count). The number of benzene rings is 2. The van der Waals surface area contributed by atoms with Gasteiger partial charge in [0.05, 0.1) is 48.5 Å². The largest absolute Gasteiger partial charge is 0.492 e. The van der Waals surface area contributed by atoms with Crippen LogP contribution in [0.4, 0.5) is 11.4 Å². The highest BCUT2D eigenvalue weighted by Gasteiger charge is 2.24. The Bertz CT molecular complexity index is 1760. The van der Waals surface area contributed by atoms with Crippen molar-refractivity contribution in [3.8, 4) is 22.7 Å². The zero-order valence-corrected chi connectivity index (χ0v) is 27.3. The molecular formula is C31H41N7O4S. The quantitative estimate of drug-likeness (QED) is 0.236. The standard InChI is InChI=1S/C31H41N7O4S/c1-18(2)28-23(16-32-38(28)19(3)4)26-17-37(36-34-26)27-13-21(12-11-20(27)5)30(39)33-24-14-22(31(6,7)8)15-25(29(24)42-9)35-43(10,40)41/h11-19,35H,1-10H3,(H,33,39). The zero-order valence-electron chi connectivity index (χ0n) is 26.5. The third-order valence-corrected chi connectivity index (χ3v) is 7.65. The number of anilines is 2. The van der Waals surface area contributed by atoms with Gasteiger partial charge in [0.15, 0.2) is 5.75 Å². The fourth-order valence-electron chi connectivity index (χ4n) is 4.90. The molecule has 0 bridgehead atoms. The number of aromatic nitrogens is 5. The summed E-state index contributed by atoms with van der Waals surface area (Å²) in [6.45, 7) is 16.4. The second-order valence-corrected chi connectivity index (χ2v) is 14.1. The van der Waals surface area contributed by atoms with Gasteiger partial charge in [-0.25, -0.2) is 13.1 Å². The summed E-state index contributed by atoms with van der Waals surface area (Å²) >= 11 is 0. The summed E-state index contributed by atoms with van der Waals surface area (Å²) in [5, 5.41) is 16.3. The van der Waals surface area contributed by atoms with Crippen LogP contribution in [0.5, 0.6) is 5.75 Å². The van der Waals surface area contributed by atoms with Gasteiger partial charge in [0, 0.05) is 17.2 Å². The smallest absolute Gasteiger partial charge is 0.255 e. The Hall–Kier alpha value is -4.19. The lowest BCUT2D eigenvalue weighted by Crippen LogP contribution is -2.18. The molecule has 43 heavy (non-hydrogen) atoms. The van der Waals surface area contributed by atoms with Crippen molar-refractivity contribution in [1.29, 1.82) is 0 Å². The number of rotatable bonds is 9. The fourth-order valence-corrected chi connectivity index (χ4v) is 5.45. The molecule has 0 fully saturated rings. The first-order valence-electron chi connectivity index (χ1n) is 14.1. The molecule has 0 spiro atoms. The first-order chi connectivity index (χ1) is 20.0. The second-order valence-electron chi connectivity index (χ2n) is 12.4. The molecule has 2 aromatic heterocycles. The Labute approximate surface area is 253 Å². The molecule has 11 nitrogen and oxygen atoms in total. The molecule has 0 aliphatic carbocycles. The van der Waals surface area contributed by atoms with E-state index in [1.807, 2.05) is 50.8 Å². The van der Waals surface area contributed by atoms with Gasteiger partial charge in [0.2, 0.25) is 10.0 Å². The molecule has 0 unspecified atom stereocenters. The summed E-state index contributed by atoms with van der Waals surface area (Å²) in [5.41, 5.74) is 5.76. The molecule has 0 saturated carbocycles. The molecule has 0 saturated heterocycles. The van der Waals surface area contributed by atoms with Gasteiger partial charge in [0.25, 0.3) is 5.91 Å². The maximum atomic E-state index is 13.6. The van der Waals surface area contributed by atoms with Crippen molar-refractivity contribution in [2.45, 2.75) is 72.8 Å². The van der Waals surface area contributed by atoms with Crippen LogP contribution in [0.3, 0.4) is 0 Å². The van der Waals surface area contributed by atoms with Crippen molar-refractivity contribution in [1.82, 2.24) is 24.8 Å². The van der Waals surface area contributed by atoms with E-state index in [0.29, 0.717) is 22.6 Å². The van der Waals surface area contributed by atoms with E-state index in [2.05, 4.69) is 53.1 Å². The van der Waals surface area contributed by atoms with Gasteiger partial charge in [-0.15, -0.1) is 5.10 Å². The number of carbonyl (C=O) groups excluding carboxylic acids is 1. The lowest BCUT2D eigenvalue weighted by Gasteiger charge is -2.24. The molecule has 0 atom stereocenters. The van der Waals surface area contributed by atoms with Crippen molar-refractivity contribution in [3.63, 3.8) is 0 Å². The third-order valence-electron chi connectivity index (χ3n) is 7.06. The molecular weight excluding hydrogens is 566 g/mol. The molecule has 2 aromatic carbocycles. The number of amides is 1. The first-order valence-corrected chi connectivity index (χ1v) is 16.0. The van der Waals surface area contributed by atoms with E-state index >= 15 is 0 Å². The topological polar surface area (TPSA) is 133 Å². The second kappa shape index (κ2) is 11.8. The summed E-state index contributed by atoms with van der Waals surface area (Å²) in [7, 11) is -2.18. The van der Waals surface area contributed by atoms with Crippen molar-refractivity contribution in [2.24, 2.45) is 0 Å². The molecule has 0 aliphatic rings. The van der Waals surface area contributed by atoms with Crippen molar-refractivity contribution in [3.05, 3.63) is 65.1 Å². The number of nitrogens with one attached hydrogen (secondary N) is 2. The van der Waals surface area contributed by atoms with Crippen molar-refractivity contribution < 1.29 is 17.9 Å². The fraction of sp³-hybridized carbons (Fsp3) is 0.419. The Morgan fingerprint density at radius 2 is 1.72 bits per heavy atom. The number of hydrogen-bond donors (Lipinski definition) is 2. The average Bonchev–Trinajstić information content (AvgIpc) is 3.55. The third kappa shape index (κ3) is 6.90. The highest BCUT2D eigenvalue weighted by atomic mass is 32.2. The van der Waals surface area contributed by atoms with E-state index in [-0.39, 0.29) is 28.8 Å². The van der Waals surface area contributed by atoms with Gasteiger partial charge in [-0.1, -0.05) is 45.9 Å². The van der Waals surface area contributed by atoms with Gasteiger partial charge in [-0.05, 0) is 67.5 Å². The Balaban J connectivity index is 1.71. The minimum atomic E-state index is -3.60. The molecule has 0 aliphatic heterocycles. The van der Waals surface area contributed by atoms with E-state index < -0.39 is 15.9 Å². The zero-order chi connectivity index (χ0) is 31.9. The van der Waals surface area contributed by atoms with Crippen LogP contribution in [0, 0.1) is 6.92 Å². The van der Waals surface area contributed by atoms with Crippen LogP contribution in [0.2, 0.25) is 0 Å². The van der Waals surface area contributed by atoms with Gasteiger partial charge in [-0.2, -0.15) is 5.10 Å². The predicted molar refractivity (Wildman–Crippen MR) is 170 cm³/mol. The molecule has 230 valence electrons. The van der Waals surface area contributed by atoms with E-state index in [0.717, 1.165) is 28.6 Å². The number of hydrogen-bond acceptors (Lipinski definition) is 7. The van der Waals surface area contributed by atoms with E-state index in [9.17, 15) is 13.2 Å². The van der Waals surface area contributed by atoms with Gasteiger partial charge in [0.1, 0.15) is 5.69 Å². The first kappa shape index (κ1) is 31.7. The molecule has 12 heteroatoms. The molecule has 0 radical (unpaired) electrons. The van der Waals surface area contributed by atoms with E-state index in [4.69, 9.17) is 4.74 Å². The van der Waals surface area contributed by atoms with Gasteiger partial charge in [-0.3, -0.25) is 14.2 Å². The number of aryl methyl sites for hydroxylation is 1. The summed E-state index contributed by atoms with van der Waals surface area (Å²) in [4.78, 5) is 13.6. The number of sulfonamides is 1. The van der Waals surface area contributed by atoms with Crippen LogP contribution < -0.4 is 14.8 Å². The van der Waals surface area contributed by atoms with Crippen LogP contribution in [0.25, 0.3) is 16.9 Å². The Morgan fingerprint density at radius 3 is 2.30 bits per heavy atom. The SMILES string of the molecule is COc1c(NC(=O)c2ccc(C)c(-n3cc(-c4cnn(C(C)C)c4C(C)C)nn3)c2)cc(C(C)(C)C)cc1NS(C)(=O)=O. The van der Waals surface area contributed by atoms with E-state index in [1.54, 1.807) is 28.9 Å². The number of carbonyl (C=O) groups is 1. The maximum Gasteiger partial charge on any atom is 0.255 e. The van der Waals surface area contributed by atoms with Crippen LogP contribution in [0.1, 0.15) is 87.6 Å². The highest BCUT2D eigenvalue weighted by molar-refractivity contribution is 7.92. The minimum absolute atomic E-state index is 0.208. The van der Waals surface area contributed by atoms with Crippen molar-refractivity contribution in [2.75, 3.05) is 23.4 Å². The number of methoxy groups -OCH3 is 1. The highest BCUT2D eigenvalue weighted by Crippen LogP contribution is 2.39. The maximum absolute atomic E-state index is 13.6. The molecule has 2 heterocycles. The molecule has 2 N–H and O–H groups in total. The van der Waals surface area contributed by atoms with E-state index in [1.165, 1.54) is 7.11 Å². The Morgan fingerprint density at radius 1 is 1.05 bits per heavy atom. The summed E-state index contributed by atoms with van der Waals surface area (Å²) < 4.78 is 35.9. The summed E-state index contributed by atoms with van der Waals surface area (Å²) in [5.74, 6) is 0.0558. The minimum Gasteiger partial charge on any atom is -0.492 e. The van der Waals surface area contributed by atoms with Crippen LogP contribution >= 0.6 is 0 Å². The van der Waals surface area contributed by atoms with Crippen LogP contribution in [-0.4, -0.2) is 52.5 Å². The predicted octanol–water partition coefficient (Wildman–Crippen LogP) is 6.07. The summed E-state index contributed by atoms with van der Waals surface area (Å²) in [6, 6.07) is 9.05. The lowest BCUT2D eigenvalue weighted by molar-refractivity contribution is 0.102. The molecule has 1 amide bonds. The normalized spacial score (nSPS) is 12.2. The van der Waals surface area contributed by atoms with Crippen molar-refractivity contribution >= 4 is 27.3 Å². The lowest BCUT2D eigenvalue weighted by atomic mass is 9.86. The number of ether oxygens (including phenoxy) is 1. The van der Waals surface area contributed by atoms with Crippen LogP contribution in [0.15, 0.2) is 42.7 Å². The van der Waals surface area contributed by atoms with Gasteiger partial charge < -0.3 is 10.1 Å². The Kier molecular flexibility index (Phi) is 8.73. The summed E-state index contributed by atoms with van der Waals surface area (Å²) in [6.07, 6.45) is 4.74. The number of nitrogens with zero attached hydrogens (tertiary/aromatic N) is 5. The van der Waals surface area contributed by atoms with Gasteiger partial charge >= 0.3 is 0 Å².